The van der Waals surface area contributed by atoms with Crippen LogP contribution in [-0.2, 0) is 0 Å². The fourth-order valence-electron chi connectivity index (χ4n) is 2.95. The number of fused-ring (bicyclic) bond motifs is 1. The summed E-state index contributed by atoms with van der Waals surface area (Å²) in [4.78, 5) is 17.8. The molecule has 0 spiro atoms. The predicted octanol–water partition coefficient (Wildman–Crippen LogP) is 5.23. The second-order valence-electron chi connectivity index (χ2n) is 6.90. The summed E-state index contributed by atoms with van der Waals surface area (Å²) >= 11 is 9.78. The number of benzene rings is 2. The molecule has 8 heteroatoms. The van der Waals surface area contributed by atoms with E-state index in [1.807, 2.05) is 32.9 Å². The molecule has 0 amide bonds. The maximum Gasteiger partial charge on any atom is 0.282 e. The van der Waals surface area contributed by atoms with Crippen LogP contribution in [0.15, 0.2) is 44.7 Å². The van der Waals surface area contributed by atoms with Gasteiger partial charge in [0.1, 0.15) is 12.4 Å². The number of halogens is 2. The van der Waals surface area contributed by atoms with Gasteiger partial charge in [-0.2, -0.15) is 9.78 Å². The maximum atomic E-state index is 13.1. The van der Waals surface area contributed by atoms with Crippen LogP contribution in [0.4, 0.5) is 0 Å². The van der Waals surface area contributed by atoms with E-state index in [-0.39, 0.29) is 18.1 Å². The van der Waals surface area contributed by atoms with Crippen LogP contribution in [0.5, 0.6) is 11.5 Å². The zero-order valence-corrected chi connectivity index (χ0v) is 19.7. The lowest BCUT2D eigenvalue weighted by Gasteiger charge is -2.13. The number of hydrogen-bond acceptors (Lipinski definition) is 5. The molecule has 0 saturated carbocycles. The van der Waals surface area contributed by atoms with Crippen LogP contribution >= 0.6 is 27.5 Å². The van der Waals surface area contributed by atoms with Crippen molar-refractivity contribution in [3.05, 3.63) is 61.6 Å². The summed E-state index contributed by atoms with van der Waals surface area (Å²) in [6.45, 7) is 6.26. The molecular weight excluding hydrogens is 482 g/mol. The minimum atomic E-state index is -0.253. The van der Waals surface area contributed by atoms with Gasteiger partial charge in [-0.1, -0.05) is 47.3 Å². The van der Waals surface area contributed by atoms with Crippen LogP contribution in [-0.4, -0.2) is 29.1 Å². The predicted molar refractivity (Wildman–Crippen MR) is 128 cm³/mol. The Morgan fingerprint density at radius 3 is 2.77 bits per heavy atom. The van der Waals surface area contributed by atoms with Gasteiger partial charge in [-0.25, -0.2) is 4.98 Å². The molecule has 0 saturated heterocycles. The second kappa shape index (κ2) is 9.99. The van der Waals surface area contributed by atoms with E-state index in [2.05, 4.69) is 31.9 Å². The molecule has 31 heavy (non-hydrogen) atoms. The first-order chi connectivity index (χ1) is 14.8. The molecule has 6 nitrogen and oxygen atoms in total. The van der Waals surface area contributed by atoms with Crippen molar-refractivity contribution in [2.45, 2.75) is 26.7 Å². The summed E-state index contributed by atoms with van der Waals surface area (Å²) in [7, 11) is 0. The molecule has 0 bridgehead atoms. The van der Waals surface area contributed by atoms with Crippen LogP contribution in [0.3, 0.4) is 0 Å². The van der Waals surface area contributed by atoms with Crippen LogP contribution < -0.4 is 15.0 Å². The largest absolute Gasteiger partial charge is 0.490 e. The number of hydrogen-bond donors (Lipinski definition) is 0. The van der Waals surface area contributed by atoms with Crippen molar-refractivity contribution in [3.8, 4) is 23.8 Å². The van der Waals surface area contributed by atoms with Gasteiger partial charge in [0.15, 0.2) is 11.5 Å². The lowest BCUT2D eigenvalue weighted by molar-refractivity contribution is 0.299. The van der Waals surface area contributed by atoms with E-state index in [0.29, 0.717) is 45.4 Å². The van der Waals surface area contributed by atoms with E-state index < -0.39 is 0 Å². The standard InChI is InChI=1S/C23H21BrClN3O3/c1-5-9-31-21-18(25)10-15(11-20(21)30-6-2)13-26-28-22(14(3)4)27-19-8-7-16(24)12-17(19)23(28)29/h1,7-8,10-14H,6,9H2,2-4H3. The molecule has 3 aromatic rings. The smallest absolute Gasteiger partial charge is 0.282 e. The van der Waals surface area contributed by atoms with E-state index in [1.165, 1.54) is 10.9 Å². The molecule has 0 unspecified atom stereocenters. The zero-order valence-electron chi connectivity index (χ0n) is 17.4. The third kappa shape index (κ3) is 5.09. The van der Waals surface area contributed by atoms with Crippen molar-refractivity contribution in [1.82, 2.24) is 9.66 Å². The Balaban J connectivity index is 2.10. The lowest BCUT2D eigenvalue weighted by atomic mass is 10.2. The molecule has 1 aromatic heterocycles. The van der Waals surface area contributed by atoms with Crippen molar-refractivity contribution < 1.29 is 9.47 Å². The number of aromatic nitrogens is 2. The van der Waals surface area contributed by atoms with Gasteiger partial charge in [0.25, 0.3) is 5.56 Å². The Bertz CT molecular complexity index is 1250. The molecule has 1 heterocycles. The minimum absolute atomic E-state index is 0.0139. The summed E-state index contributed by atoms with van der Waals surface area (Å²) in [5.41, 5.74) is 1.01. The Labute approximate surface area is 194 Å². The van der Waals surface area contributed by atoms with Crippen molar-refractivity contribution in [3.63, 3.8) is 0 Å². The lowest BCUT2D eigenvalue weighted by Crippen LogP contribution is -2.23. The molecule has 160 valence electrons. The van der Waals surface area contributed by atoms with Gasteiger partial charge in [0.2, 0.25) is 0 Å². The molecule has 0 radical (unpaired) electrons. The summed E-state index contributed by atoms with van der Waals surface area (Å²) in [5, 5.41) is 5.23. The number of nitrogens with zero attached hydrogens (tertiary/aromatic N) is 3. The van der Waals surface area contributed by atoms with Crippen LogP contribution in [0.1, 0.15) is 38.1 Å². The fourth-order valence-corrected chi connectivity index (χ4v) is 3.59. The molecule has 0 fully saturated rings. The van der Waals surface area contributed by atoms with Gasteiger partial charge >= 0.3 is 0 Å². The van der Waals surface area contributed by atoms with Gasteiger partial charge in [0, 0.05) is 10.4 Å². The highest BCUT2D eigenvalue weighted by Crippen LogP contribution is 2.36. The highest BCUT2D eigenvalue weighted by molar-refractivity contribution is 9.10. The highest BCUT2D eigenvalue weighted by Gasteiger charge is 2.15. The van der Waals surface area contributed by atoms with E-state index in [4.69, 9.17) is 27.5 Å². The zero-order chi connectivity index (χ0) is 22.5. The molecule has 0 aliphatic rings. The Morgan fingerprint density at radius 2 is 2.10 bits per heavy atom. The Hall–Kier alpha value is -2.82. The SMILES string of the molecule is C#CCOc1c(Cl)cc(C=Nn2c(C(C)C)nc3ccc(Br)cc3c2=O)cc1OCC. The third-order valence-electron chi connectivity index (χ3n) is 4.30. The topological polar surface area (TPSA) is 65.7 Å². The first kappa shape index (κ1) is 22.9. The summed E-state index contributed by atoms with van der Waals surface area (Å²) in [5.74, 6) is 3.77. The average molecular weight is 503 g/mol. The molecule has 3 rings (SSSR count). The van der Waals surface area contributed by atoms with E-state index in [1.54, 1.807) is 18.2 Å². The van der Waals surface area contributed by atoms with Crippen molar-refractivity contribution >= 4 is 44.6 Å². The summed E-state index contributed by atoms with van der Waals surface area (Å²) < 4.78 is 13.3. The number of ether oxygens (including phenoxy) is 2. The van der Waals surface area contributed by atoms with E-state index >= 15 is 0 Å². The number of rotatable bonds is 7. The Kier molecular flexibility index (Phi) is 7.37. The van der Waals surface area contributed by atoms with Crippen LogP contribution in [0.25, 0.3) is 10.9 Å². The number of terminal acetylenes is 1. The summed E-state index contributed by atoms with van der Waals surface area (Å²) in [6.07, 6.45) is 6.81. The first-order valence-electron chi connectivity index (χ1n) is 9.64. The molecule has 0 aliphatic carbocycles. The second-order valence-corrected chi connectivity index (χ2v) is 8.23. The van der Waals surface area contributed by atoms with Crippen LogP contribution in [0, 0.1) is 12.3 Å². The quantitative estimate of drug-likeness (QED) is 0.328. The van der Waals surface area contributed by atoms with E-state index in [0.717, 1.165) is 4.47 Å². The molecule has 0 aliphatic heterocycles. The molecule has 0 N–H and O–H groups in total. The van der Waals surface area contributed by atoms with Crippen molar-refractivity contribution in [1.29, 1.82) is 0 Å². The Morgan fingerprint density at radius 1 is 1.32 bits per heavy atom. The molecular formula is C23H21BrClN3O3. The van der Waals surface area contributed by atoms with Crippen LogP contribution in [0.2, 0.25) is 5.02 Å². The molecule has 0 atom stereocenters. The van der Waals surface area contributed by atoms with Gasteiger partial charge in [-0.3, -0.25) is 4.79 Å². The van der Waals surface area contributed by atoms with Gasteiger partial charge < -0.3 is 9.47 Å². The van der Waals surface area contributed by atoms with Gasteiger partial charge in [-0.05, 0) is 42.8 Å². The summed E-state index contributed by atoms with van der Waals surface area (Å²) in [6, 6.07) is 8.81. The average Bonchev–Trinajstić information content (AvgIpc) is 2.73. The fraction of sp³-hybridized carbons (Fsp3) is 0.261. The van der Waals surface area contributed by atoms with Gasteiger partial charge in [-0.15, -0.1) is 6.42 Å². The third-order valence-corrected chi connectivity index (χ3v) is 5.08. The highest BCUT2D eigenvalue weighted by atomic mass is 79.9. The maximum absolute atomic E-state index is 13.1. The minimum Gasteiger partial charge on any atom is -0.490 e. The normalized spacial score (nSPS) is 11.3. The van der Waals surface area contributed by atoms with Crippen molar-refractivity contribution in [2.24, 2.45) is 5.10 Å². The first-order valence-corrected chi connectivity index (χ1v) is 10.8. The molecule has 2 aromatic carbocycles. The van der Waals surface area contributed by atoms with E-state index in [9.17, 15) is 4.79 Å². The monoisotopic (exact) mass is 501 g/mol. The van der Waals surface area contributed by atoms with Crippen molar-refractivity contribution in [2.75, 3.05) is 13.2 Å². The van der Waals surface area contributed by atoms with Gasteiger partial charge in [0.05, 0.1) is 28.7 Å².